The van der Waals surface area contributed by atoms with E-state index in [1.165, 1.54) is 0 Å². The van der Waals surface area contributed by atoms with Crippen molar-refractivity contribution < 1.29 is 5.11 Å². The number of nitriles is 1. The fourth-order valence-electron chi connectivity index (χ4n) is 1.27. The molecule has 1 aromatic heterocycles. The molecule has 0 amide bonds. The molecule has 1 heterocycles. The van der Waals surface area contributed by atoms with Crippen LogP contribution in [0.4, 0.5) is 0 Å². The van der Waals surface area contributed by atoms with Crippen LogP contribution in [0.3, 0.4) is 0 Å². The van der Waals surface area contributed by atoms with Crippen molar-refractivity contribution in [2.75, 3.05) is 12.4 Å². The number of aliphatic hydroxyl groups is 1. The number of rotatable bonds is 7. The van der Waals surface area contributed by atoms with Crippen LogP contribution in [-0.2, 0) is 6.54 Å². The van der Waals surface area contributed by atoms with Gasteiger partial charge >= 0.3 is 0 Å². The molecule has 0 fully saturated rings. The van der Waals surface area contributed by atoms with Gasteiger partial charge in [-0.2, -0.15) is 5.26 Å². The number of thioether (sulfide) groups is 1. The third-order valence-corrected chi connectivity index (χ3v) is 3.33. The highest BCUT2D eigenvalue weighted by atomic mass is 32.2. The third kappa shape index (κ3) is 4.71. The van der Waals surface area contributed by atoms with Crippen LogP contribution in [0.1, 0.15) is 26.7 Å². The Labute approximate surface area is 105 Å². The van der Waals surface area contributed by atoms with Crippen LogP contribution in [0.25, 0.3) is 0 Å². The summed E-state index contributed by atoms with van der Waals surface area (Å²) in [6.07, 6.45) is 1.80. The Bertz CT molecular complexity index is 384. The van der Waals surface area contributed by atoms with Gasteiger partial charge in [0.1, 0.15) is 0 Å². The van der Waals surface area contributed by atoms with Gasteiger partial charge in [-0.25, -0.2) is 4.68 Å². The fraction of sp³-hybridized carbons (Fsp3) is 0.800. The van der Waals surface area contributed by atoms with E-state index in [9.17, 15) is 0 Å². The van der Waals surface area contributed by atoms with E-state index in [2.05, 4.69) is 21.6 Å². The molecular weight excluding hydrogens is 238 g/mol. The number of nitrogens with zero attached hydrogens (tertiary/aromatic N) is 5. The average Bonchev–Trinajstić information content (AvgIpc) is 2.73. The first-order valence-corrected chi connectivity index (χ1v) is 6.49. The van der Waals surface area contributed by atoms with E-state index >= 15 is 0 Å². The first-order valence-electron chi connectivity index (χ1n) is 5.50. The predicted octanol–water partition coefficient (Wildman–Crippen LogP) is 1.09. The van der Waals surface area contributed by atoms with E-state index in [-0.39, 0.29) is 12.0 Å². The lowest BCUT2D eigenvalue weighted by atomic mass is 9.90. The van der Waals surface area contributed by atoms with Crippen LogP contribution in [0.5, 0.6) is 0 Å². The Morgan fingerprint density at radius 2 is 2.29 bits per heavy atom. The van der Waals surface area contributed by atoms with Gasteiger partial charge in [-0.1, -0.05) is 11.8 Å². The lowest BCUT2D eigenvalue weighted by Gasteiger charge is -2.13. The minimum Gasteiger partial charge on any atom is -0.394 e. The summed E-state index contributed by atoms with van der Waals surface area (Å²) in [6.45, 7) is 4.32. The first-order chi connectivity index (χ1) is 8.09. The molecule has 0 aromatic carbocycles. The normalized spacial score (nSPS) is 11.4. The summed E-state index contributed by atoms with van der Waals surface area (Å²) >= 11 is 1.55. The van der Waals surface area contributed by atoms with E-state index < -0.39 is 0 Å². The van der Waals surface area contributed by atoms with Crippen molar-refractivity contribution in [3.05, 3.63) is 0 Å². The van der Waals surface area contributed by atoms with Crippen molar-refractivity contribution in [3.8, 4) is 6.07 Å². The van der Waals surface area contributed by atoms with Gasteiger partial charge in [0.15, 0.2) is 0 Å². The summed E-state index contributed by atoms with van der Waals surface area (Å²) in [7, 11) is 0. The summed E-state index contributed by atoms with van der Waals surface area (Å²) in [5.74, 6) is 0.872. The molecule has 1 rings (SSSR count). The van der Waals surface area contributed by atoms with Crippen LogP contribution < -0.4 is 0 Å². The molecule has 0 aliphatic rings. The Morgan fingerprint density at radius 3 is 2.94 bits per heavy atom. The summed E-state index contributed by atoms with van der Waals surface area (Å²) < 4.78 is 1.58. The van der Waals surface area contributed by atoms with Gasteiger partial charge in [-0.3, -0.25) is 0 Å². The molecule has 0 radical (unpaired) electrons. The maximum Gasteiger partial charge on any atom is 0.209 e. The van der Waals surface area contributed by atoms with Gasteiger partial charge in [0.2, 0.25) is 5.16 Å². The lowest BCUT2D eigenvalue weighted by Crippen LogP contribution is -2.08. The van der Waals surface area contributed by atoms with Crippen LogP contribution in [0, 0.1) is 16.7 Å². The average molecular weight is 255 g/mol. The molecule has 94 valence electrons. The minimum absolute atomic E-state index is 0.0278. The zero-order valence-corrected chi connectivity index (χ0v) is 10.9. The summed E-state index contributed by atoms with van der Waals surface area (Å²) in [5.41, 5.74) is -0.266. The molecule has 1 aromatic rings. The molecule has 0 bridgehead atoms. The van der Waals surface area contributed by atoms with Crippen molar-refractivity contribution in [1.29, 1.82) is 5.26 Å². The van der Waals surface area contributed by atoms with Crippen molar-refractivity contribution in [1.82, 2.24) is 20.2 Å². The Morgan fingerprint density at radius 1 is 1.53 bits per heavy atom. The molecular formula is C10H17N5OS. The van der Waals surface area contributed by atoms with Crippen LogP contribution in [0.15, 0.2) is 5.16 Å². The van der Waals surface area contributed by atoms with E-state index in [1.807, 2.05) is 13.8 Å². The molecule has 0 atom stereocenters. The van der Waals surface area contributed by atoms with E-state index in [0.717, 1.165) is 18.6 Å². The zero-order valence-electron chi connectivity index (χ0n) is 10.1. The molecule has 0 saturated heterocycles. The second-order valence-electron chi connectivity index (χ2n) is 4.36. The lowest BCUT2D eigenvalue weighted by molar-refractivity contribution is 0.262. The number of hydrogen-bond donors (Lipinski definition) is 1. The van der Waals surface area contributed by atoms with Gasteiger partial charge in [-0.15, -0.1) is 5.10 Å². The zero-order chi connectivity index (χ0) is 12.7. The van der Waals surface area contributed by atoms with Gasteiger partial charge in [0, 0.05) is 5.75 Å². The number of aromatic nitrogens is 4. The molecule has 17 heavy (non-hydrogen) atoms. The second-order valence-corrected chi connectivity index (χ2v) is 5.42. The SMILES string of the molecule is CC(C)(C#N)CCCSc1nnnn1CCO. The predicted molar refractivity (Wildman–Crippen MR) is 64.3 cm³/mol. The van der Waals surface area contributed by atoms with Crippen molar-refractivity contribution >= 4 is 11.8 Å². The maximum absolute atomic E-state index is 8.87. The summed E-state index contributed by atoms with van der Waals surface area (Å²) in [4.78, 5) is 0. The summed E-state index contributed by atoms with van der Waals surface area (Å²) in [6, 6.07) is 2.28. The molecule has 1 N–H and O–H groups in total. The first kappa shape index (κ1) is 13.9. The largest absolute Gasteiger partial charge is 0.394 e. The van der Waals surface area contributed by atoms with Gasteiger partial charge < -0.3 is 5.11 Å². The van der Waals surface area contributed by atoms with Gasteiger partial charge in [0.05, 0.1) is 24.6 Å². The van der Waals surface area contributed by atoms with Crippen molar-refractivity contribution in [3.63, 3.8) is 0 Å². The van der Waals surface area contributed by atoms with E-state index in [0.29, 0.717) is 11.7 Å². The highest BCUT2D eigenvalue weighted by molar-refractivity contribution is 7.99. The Hall–Kier alpha value is -1.13. The minimum atomic E-state index is -0.266. The number of aliphatic hydroxyl groups excluding tert-OH is 1. The Kier molecular flexibility index (Phi) is 5.38. The second kappa shape index (κ2) is 6.57. The Balaban J connectivity index is 2.31. The molecule has 0 saturated carbocycles. The maximum atomic E-state index is 8.87. The standard InChI is InChI=1S/C10H17N5OS/c1-10(2,8-11)4-3-7-17-9-12-13-14-15(9)5-6-16/h16H,3-7H2,1-2H3. The summed E-state index contributed by atoms with van der Waals surface area (Å²) in [5, 5.41) is 29.6. The van der Waals surface area contributed by atoms with Crippen molar-refractivity contribution in [2.24, 2.45) is 5.41 Å². The quantitative estimate of drug-likeness (QED) is 0.579. The molecule has 0 spiro atoms. The topological polar surface area (TPSA) is 87.6 Å². The monoisotopic (exact) mass is 255 g/mol. The van der Waals surface area contributed by atoms with E-state index in [4.69, 9.17) is 10.4 Å². The van der Waals surface area contributed by atoms with Gasteiger partial charge in [-0.05, 0) is 37.1 Å². The fourth-order valence-corrected chi connectivity index (χ4v) is 2.11. The molecule has 6 nitrogen and oxygen atoms in total. The molecule has 7 heteroatoms. The van der Waals surface area contributed by atoms with E-state index in [1.54, 1.807) is 16.4 Å². The van der Waals surface area contributed by atoms with Crippen molar-refractivity contribution in [2.45, 2.75) is 38.4 Å². The highest BCUT2D eigenvalue weighted by Gasteiger charge is 2.16. The number of hydrogen-bond acceptors (Lipinski definition) is 6. The smallest absolute Gasteiger partial charge is 0.209 e. The molecule has 0 aliphatic carbocycles. The number of tetrazole rings is 1. The molecule has 0 unspecified atom stereocenters. The van der Waals surface area contributed by atoms with Gasteiger partial charge in [0.25, 0.3) is 0 Å². The van der Waals surface area contributed by atoms with Crippen LogP contribution in [-0.4, -0.2) is 37.7 Å². The molecule has 0 aliphatic heterocycles. The van der Waals surface area contributed by atoms with Crippen LogP contribution >= 0.6 is 11.8 Å². The third-order valence-electron chi connectivity index (χ3n) is 2.29. The highest BCUT2D eigenvalue weighted by Crippen LogP contribution is 2.23. The van der Waals surface area contributed by atoms with Crippen LogP contribution in [0.2, 0.25) is 0 Å².